The summed E-state index contributed by atoms with van der Waals surface area (Å²) in [5.41, 5.74) is 1.57. The average Bonchev–Trinajstić information content (AvgIpc) is 3.07. The number of carbonyl (C=O) groups is 2. The molecule has 6 heteroatoms. The van der Waals surface area contributed by atoms with Gasteiger partial charge in [-0.15, -0.1) is 0 Å². The lowest BCUT2D eigenvalue weighted by Crippen LogP contribution is -2.48. The smallest absolute Gasteiger partial charge is 0.251 e. The van der Waals surface area contributed by atoms with Crippen LogP contribution in [0.15, 0.2) is 30.5 Å². The first-order valence-corrected chi connectivity index (χ1v) is 8.21. The quantitative estimate of drug-likeness (QED) is 0.751. The van der Waals surface area contributed by atoms with Crippen LogP contribution >= 0.6 is 0 Å². The van der Waals surface area contributed by atoms with E-state index in [1.807, 2.05) is 30.5 Å². The zero-order valence-corrected chi connectivity index (χ0v) is 13.3. The molecule has 6 nitrogen and oxygen atoms in total. The second kappa shape index (κ2) is 7.18. The number of hydrogen-bond acceptors (Lipinski definition) is 3. The van der Waals surface area contributed by atoms with Crippen molar-refractivity contribution in [3.8, 4) is 6.07 Å². The third-order valence-electron chi connectivity index (χ3n) is 4.58. The molecule has 1 aliphatic rings. The van der Waals surface area contributed by atoms with E-state index in [1.54, 1.807) is 6.07 Å². The second-order valence-electron chi connectivity index (χ2n) is 6.13. The number of nitriles is 1. The highest BCUT2D eigenvalue weighted by atomic mass is 16.2. The topological polar surface area (TPSA) is 97.8 Å². The van der Waals surface area contributed by atoms with E-state index < -0.39 is 0 Å². The lowest BCUT2D eigenvalue weighted by molar-refractivity contribution is -0.126. The molecular formula is C18H20N4O2. The van der Waals surface area contributed by atoms with Crippen LogP contribution in [0.5, 0.6) is 0 Å². The molecule has 0 radical (unpaired) electrons. The molecule has 1 aromatic heterocycles. The molecule has 0 bridgehead atoms. The maximum absolute atomic E-state index is 12.6. The van der Waals surface area contributed by atoms with Crippen LogP contribution in [0.2, 0.25) is 0 Å². The molecule has 1 saturated carbocycles. The largest absolute Gasteiger partial charge is 0.361 e. The highest BCUT2D eigenvalue weighted by Gasteiger charge is 2.32. The Balaban J connectivity index is 1.70. The summed E-state index contributed by atoms with van der Waals surface area (Å²) in [7, 11) is 0. The van der Waals surface area contributed by atoms with Gasteiger partial charge in [0.1, 0.15) is 6.54 Å². The van der Waals surface area contributed by atoms with Crippen molar-refractivity contribution in [2.75, 3.05) is 6.54 Å². The van der Waals surface area contributed by atoms with Gasteiger partial charge in [-0.25, -0.2) is 0 Å². The Morgan fingerprint density at radius 2 is 2.08 bits per heavy atom. The van der Waals surface area contributed by atoms with E-state index >= 15 is 0 Å². The molecule has 1 aliphatic carbocycles. The molecule has 2 aromatic rings. The maximum Gasteiger partial charge on any atom is 0.251 e. The number of benzene rings is 1. The standard InChI is InChI=1S/C18H20N4O2/c19-8-10-21-18(24)14-3-1-2-4-16(14)22-17(23)13-5-6-15-12(11-13)7-9-20-15/h5-7,9,11,14,16,20H,1-4,10H2,(H,21,24)(H,22,23)/t14-,16+/m1/s1. The van der Waals surface area contributed by atoms with E-state index in [-0.39, 0.29) is 30.3 Å². The molecule has 1 heterocycles. The van der Waals surface area contributed by atoms with Crippen molar-refractivity contribution in [2.24, 2.45) is 5.92 Å². The van der Waals surface area contributed by atoms with Crippen molar-refractivity contribution in [3.63, 3.8) is 0 Å². The summed E-state index contributed by atoms with van der Waals surface area (Å²) in [6.07, 6.45) is 5.31. The van der Waals surface area contributed by atoms with Gasteiger partial charge < -0.3 is 15.6 Å². The van der Waals surface area contributed by atoms with E-state index in [2.05, 4.69) is 15.6 Å². The van der Waals surface area contributed by atoms with E-state index in [0.29, 0.717) is 5.56 Å². The number of nitrogens with one attached hydrogen (secondary N) is 3. The van der Waals surface area contributed by atoms with Crippen LogP contribution in [0.4, 0.5) is 0 Å². The molecule has 3 N–H and O–H groups in total. The van der Waals surface area contributed by atoms with Crippen molar-refractivity contribution in [1.82, 2.24) is 15.6 Å². The second-order valence-corrected chi connectivity index (χ2v) is 6.13. The fourth-order valence-corrected chi connectivity index (χ4v) is 3.32. The lowest BCUT2D eigenvalue weighted by Gasteiger charge is -2.31. The SMILES string of the molecule is N#CCNC(=O)[C@@H]1CCCC[C@@H]1NC(=O)c1ccc2[nH]ccc2c1. The third kappa shape index (κ3) is 3.40. The van der Waals surface area contributed by atoms with Gasteiger partial charge in [0, 0.05) is 28.7 Å². The Bertz CT molecular complexity index is 790. The number of fused-ring (bicyclic) bond motifs is 1. The first kappa shape index (κ1) is 16.1. The summed E-state index contributed by atoms with van der Waals surface area (Å²) < 4.78 is 0. The first-order chi connectivity index (χ1) is 11.7. The molecular weight excluding hydrogens is 304 g/mol. The minimum atomic E-state index is -0.271. The van der Waals surface area contributed by atoms with Crippen molar-refractivity contribution in [2.45, 2.75) is 31.7 Å². The Morgan fingerprint density at radius 3 is 2.92 bits per heavy atom. The van der Waals surface area contributed by atoms with Crippen LogP contribution in [-0.4, -0.2) is 29.4 Å². The number of aromatic nitrogens is 1. The van der Waals surface area contributed by atoms with Crippen LogP contribution in [0.25, 0.3) is 10.9 Å². The van der Waals surface area contributed by atoms with Gasteiger partial charge in [0.15, 0.2) is 0 Å². The van der Waals surface area contributed by atoms with Crippen LogP contribution in [0, 0.1) is 17.2 Å². The van der Waals surface area contributed by atoms with E-state index in [0.717, 1.165) is 36.6 Å². The van der Waals surface area contributed by atoms with Crippen LogP contribution in [-0.2, 0) is 4.79 Å². The van der Waals surface area contributed by atoms with E-state index in [1.165, 1.54) is 0 Å². The normalized spacial score (nSPS) is 20.3. The predicted molar refractivity (Wildman–Crippen MR) is 90.1 cm³/mol. The number of hydrogen-bond donors (Lipinski definition) is 3. The monoisotopic (exact) mass is 324 g/mol. The van der Waals surface area contributed by atoms with Gasteiger partial charge in [0.2, 0.25) is 5.91 Å². The number of amides is 2. The molecule has 2 amide bonds. The van der Waals surface area contributed by atoms with Gasteiger partial charge in [-0.1, -0.05) is 12.8 Å². The predicted octanol–water partition coefficient (Wildman–Crippen LogP) is 2.10. The van der Waals surface area contributed by atoms with Gasteiger partial charge in [0.05, 0.1) is 12.0 Å². The molecule has 0 aliphatic heterocycles. The Kier molecular flexibility index (Phi) is 4.80. The fourth-order valence-electron chi connectivity index (χ4n) is 3.32. The molecule has 1 fully saturated rings. The van der Waals surface area contributed by atoms with Gasteiger partial charge in [-0.05, 0) is 37.1 Å². The first-order valence-electron chi connectivity index (χ1n) is 8.21. The summed E-state index contributed by atoms with van der Waals surface area (Å²) >= 11 is 0. The molecule has 0 spiro atoms. The third-order valence-corrected chi connectivity index (χ3v) is 4.58. The summed E-state index contributed by atoms with van der Waals surface area (Å²) in [5, 5.41) is 15.2. The van der Waals surface area contributed by atoms with Crippen LogP contribution < -0.4 is 10.6 Å². The number of aromatic amines is 1. The molecule has 0 unspecified atom stereocenters. The number of nitrogens with zero attached hydrogens (tertiary/aromatic N) is 1. The molecule has 0 saturated heterocycles. The minimum absolute atomic E-state index is 0.000155. The number of rotatable bonds is 4. The maximum atomic E-state index is 12.6. The highest BCUT2D eigenvalue weighted by molar-refractivity contribution is 5.98. The fraction of sp³-hybridized carbons (Fsp3) is 0.389. The Hall–Kier alpha value is -2.81. The average molecular weight is 324 g/mol. The number of carbonyl (C=O) groups excluding carboxylic acids is 2. The van der Waals surface area contributed by atoms with Crippen molar-refractivity contribution in [1.29, 1.82) is 5.26 Å². The van der Waals surface area contributed by atoms with E-state index in [4.69, 9.17) is 5.26 Å². The zero-order valence-electron chi connectivity index (χ0n) is 13.3. The van der Waals surface area contributed by atoms with Gasteiger partial charge in [-0.2, -0.15) is 5.26 Å². The number of H-pyrrole nitrogens is 1. The van der Waals surface area contributed by atoms with Crippen molar-refractivity contribution >= 4 is 22.7 Å². The van der Waals surface area contributed by atoms with Gasteiger partial charge >= 0.3 is 0 Å². The van der Waals surface area contributed by atoms with Crippen LogP contribution in [0.3, 0.4) is 0 Å². The van der Waals surface area contributed by atoms with Gasteiger partial charge in [-0.3, -0.25) is 9.59 Å². The summed E-state index contributed by atoms with van der Waals surface area (Å²) in [5.74, 6) is -0.585. The lowest BCUT2D eigenvalue weighted by atomic mass is 9.83. The van der Waals surface area contributed by atoms with Gasteiger partial charge in [0.25, 0.3) is 5.91 Å². The minimum Gasteiger partial charge on any atom is -0.361 e. The van der Waals surface area contributed by atoms with Crippen LogP contribution in [0.1, 0.15) is 36.0 Å². The summed E-state index contributed by atoms with van der Waals surface area (Å²) in [6, 6.07) is 9.14. The van der Waals surface area contributed by atoms with E-state index in [9.17, 15) is 9.59 Å². The molecule has 124 valence electrons. The van der Waals surface area contributed by atoms with Crippen molar-refractivity contribution in [3.05, 3.63) is 36.0 Å². The molecule has 24 heavy (non-hydrogen) atoms. The summed E-state index contributed by atoms with van der Waals surface area (Å²) in [6.45, 7) is 0.000155. The molecule has 3 rings (SSSR count). The molecule has 1 aromatic carbocycles. The van der Waals surface area contributed by atoms with Crippen molar-refractivity contribution < 1.29 is 9.59 Å². The highest BCUT2D eigenvalue weighted by Crippen LogP contribution is 2.25. The molecule has 2 atom stereocenters. The zero-order chi connectivity index (χ0) is 16.9. The summed E-state index contributed by atoms with van der Waals surface area (Å²) in [4.78, 5) is 27.9. The Morgan fingerprint density at radius 1 is 1.25 bits per heavy atom. The Labute approximate surface area is 140 Å².